The molecule has 33 heavy (non-hydrogen) atoms. The summed E-state index contributed by atoms with van der Waals surface area (Å²) in [7, 11) is 1.55. The molecule has 1 saturated heterocycles. The number of amides is 1. The standard InChI is InChI=1S/C23H25N7O3/c1-32-22-13-25-11-19(28-22)20-6-7-33-30(20)23(31)17-4-2-15(3-5-17)14-29-21-8-16(9-24)10-26-18(21)12-27-29/h8,10-13,15,17,20H,2-7,14H2,1H3/t15?,17?,20-/m0/s1. The van der Waals surface area contributed by atoms with Crippen molar-refractivity contribution < 1.29 is 14.4 Å². The summed E-state index contributed by atoms with van der Waals surface area (Å²) < 4.78 is 7.10. The largest absolute Gasteiger partial charge is 0.480 e. The van der Waals surface area contributed by atoms with Gasteiger partial charge < -0.3 is 4.74 Å². The molecular formula is C23H25N7O3. The Morgan fingerprint density at radius 1 is 1.21 bits per heavy atom. The second kappa shape index (κ2) is 9.11. The zero-order valence-electron chi connectivity index (χ0n) is 18.4. The highest BCUT2D eigenvalue weighted by Crippen LogP contribution is 2.36. The quantitative estimate of drug-likeness (QED) is 0.586. The third kappa shape index (κ3) is 4.24. The van der Waals surface area contributed by atoms with Gasteiger partial charge in [-0.2, -0.15) is 10.4 Å². The summed E-state index contributed by atoms with van der Waals surface area (Å²) in [6, 6.07) is 3.72. The Labute approximate surface area is 191 Å². The molecule has 1 atom stereocenters. The highest BCUT2D eigenvalue weighted by molar-refractivity contribution is 5.78. The van der Waals surface area contributed by atoms with Gasteiger partial charge in [-0.05, 0) is 37.7 Å². The first-order chi connectivity index (χ1) is 16.2. The average Bonchev–Trinajstić information content (AvgIpc) is 3.51. The van der Waals surface area contributed by atoms with Gasteiger partial charge in [0.25, 0.3) is 0 Å². The molecule has 5 rings (SSSR count). The second-order valence-electron chi connectivity index (χ2n) is 8.57. The number of fused-ring (bicyclic) bond motifs is 1. The predicted octanol–water partition coefficient (Wildman–Crippen LogP) is 2.81. The minimum atomic E-state index is -0.241. The number of carbonyl (C=O) groups excluding carboxylic acids is 1. The Kier molecular flexibility index (Phi) is 5.88. The first-order valence-electron chi connectivity index (χ1n) is 11.2. The van der Waals surface area contributed by atoms with E-state index < -0.39 is 0 Å². The van der Waals surface area contributed by atoms with Crippen molar-refractivity contribution in [1.29, 1.82) is 5.26 Å². The van der Waals surface area contributed by atoms with Crippen molar-refractivity contribution in [3.63, 3.8) is 0 Å². The number of carbonyl (C=O) groups is 1. The molecule has 170 valence electrons. The number of pyridine rings is 1. The van der Waals surface area contributed by atoms with Gasteiger partial charge in [0.1, 0.15) is 17.6 Å². The van der Waals surface area contributed by atoms with E-state index in [1.165, 1.54) is 5.06 Å². The van der Waals surface area contributed by atoms with Crippen LogP contribution in [0.15, 0.2) is 30.9 Å². The number of rotatable bonds is 5. The highest BCUT2D eigenvalue weighted by Gasteiger charge is 2.38. The average molecular weight is 447 g/mol. The first kappa shape index (κ1) is 21.3. The lowest BCUT2D eigenvalue weighted by molar-refractivity contribution is -0.183. The van der Waals surface area contributed by atoms with E-state index in [0.717, 1.165) is 43.3 Å². The van der Waals surface area contributed by atoms with Gasteiger partial charge in [-0.3, -0.25) is 24.3 Å². The molecule has 4 heterocycles. The molecule has 1 amide bonds. The molecule has 1 aliphatic heterocycles. The van der Waals surface area contributed by atoms with Crippen LogP contribution in [-0.2, 0) is 16.2 Å². The van der Waals surface area contributed by atoms with Gasteiger partial charge in [0.05, 0.1) is 49.1 Å². The third-order valence-corrected chi connectivity index (χ3v) is 6.55. The van der Waals surface area contributed by atoms with E-state index in [-0.39, 0.29) is 17.9 Å². The Bertz CT molecular complexity index is 1200. The van der Waals surface area contributed by atoms with Crippen LogP contribution in [0.25, 0.3) is 11.0 Å². The summed E-state index contributed by atoms with van der Waals surface area (Å²) in [5.74, 6) is 0.799. The van der Waals surface area contributed by atoms with Crippen LogP contribution in [-0.4, -0.2) is 49.4 Å². The maximum Gasteiger partial charge on any atom is 0.249 e. The topological polar surface area (TPSA) is 119 Å². The normalized spacial score (nSPS) is 22.9. The van der Waals surface area contributed by atoms with E-state index in [1.54, 1.807) is 31.9 Å². The van der Waals surface area contributed by atoms with E-state index in [0.29, 0.717) is 36.1 Å². The van der Waals surface area contributed by atoms with Gasteiger partial charge >= 0.3 is 0 Å². The molecule has 2 fully saturated rings. The van der Waals surface area contributed by atoms with Crippen LogP contribution >= 0.6 is 0 Å². The molecule has 0 spiro atoms. The molecule has 1 saturated carbocycles. The number of ether oxygens (including phenoxy) is 1. The maximum atomic E-state index is 13.3. The maximum absolute atomic E-state index is 13.3. The van der Waals surface area contributed by atoms with Crippen molar-refractivity contribution in [2.45, 2.75) is 44.7 Å². The molecule has 0 aromatic carbocycles. The monoisotopic (exact) mass is 447 g/mol. The van der Waals surface area contributed by atoms with Gasteiger partial charge in [-0.15, -0.1) is 0 Å². The zero-order chi connectivity index (χ0) is 22.8. The second-order valence-corrected chi connectivity index (χ2v) is 8.57. The van der Waals surface area contributed by atoms with Crippen molar-refractivity contribution >= 4 is 16.9 Å². The van der Waals surface area contributed by atoms with Crippen LogP contribution in [0.4, 0.5) is 0 Å². The number of methoxy groups -OCH3 is 1. The summed E-state index contributed by atoms with van der Waals surface area (Å²) in [5.41, 5.74) is 2.87. The number of hydrogen-bond acceptors (Lipinski definition) is 8. The van der Waals surface area contributed by atoms with Crippen LogP contribution in [0.2, 0.25) is 0 Å². The van der Waals surface area contributed by atoms with E-state index in [1.807, 2.05) is 10.7 Å². The lowest BCUT2D eigenvalue weighted by Gasteiger charge is -2.31. The molecule has 3 aromatic heterocycles. The molecule has 2 aliphatic rings. The minimum absolute atomic E-state index is 0.0213. The van der Waals surface area contributed by atoms with Crippen LogP contribution in [0.5, 0.6) is 5.88 Å². The Morgan fingerprint density at radius 2 is 2.06 bits per heavy atom. The van der Waals surface area contributed by atoms with Crippen LogP contribution < -0.4 is 4.74 Å². The molecule has 0 unspecified atom stereocenters. The first-order valence-corrected chi connectivity index (χ1v) is 11.2. The lowest BCUT2D eigenvalue weighted by atomic mass is 9.81. The number of nitriles is 1. The zero-order valence-corrected chi connectivity index (χ0v) is 18.4. The summed E-state index contributed by atoms with van der Waals surface area (Å²) >= 11 is 0. The van der Waals surface area contributed by atoms with E-state index in [2.05, 4.69) is 26.1 Å². The van der Waals surface area contributed by atoms with Crippen LogP contribution in [0.1, 0.15) is 49.4 Å². The fourth-order valence-electron chi connectivity index (χ4n) is 4.76. The van der Waals surface area contributed by atoms with Crippen molar-refractivity contribution in [3.8, 4) is 11.9 Å². The highest BCUT2D eigenvalue weighted by atomic mass is 16.7. The summed E-state index contributed by atoms with van der Waals surface area (Å²) in [5, 5.41) is 15.1. The van der Waals surface area contributed by atoms with Gasteiger partial charge in [-0.1, -0.05) is 0 Å². The van der Waals surface area contributed by atoms with Gasteiger partial charge in [0.15, 0.2) is 0 Å². The van der Waals surface area contributed by atoms with E-state index >= 15 is 0 Å². The molecule has 0 bridgehead atoms. The number of aromatic nitrogens is 5. The van der Waals surface area contributed by atoms with Crippen molar-refractivity contribution in [2.75, 3.05) is 13.7 Å². The van der Waals surface area contributed by atoms with Gasteiger partial charge in [-0.25, -0.2) is 10.0 Å². The molecule has 10 heteroatoms. The smallest absolute Gasteiger partial charge is 0.249 e. The van der Waals surface area contributed by atoms with Gasteiger partial charge in [0.2, 0.25) is 11.8 Å². The lowest BCUT2D eigenvalue weighted by Crippen LogP contribution is -2.37. The molecule has 1 aliphatic carbocycles. The van der Waals surface area contributed by atoms with Crippen molar-refractivity contribution in [3.05, 3.63) is 42.1 Å². The summed E-state index contributed by atoms with van der Waals surface area (Å²) in [6.07, 6.45) is 10.7. The minimum Gasteiger partial charge on any atom is -0.480 e. The van der Waals surface area contributed by atoms with Crippen LogP contribution in [0, 0.1) is 23.2 Å². The van der Waals surface area contributed by atoms with Crippen molar-refractivity contribution in [1.82, 2.24) is 29.8 Å². The number of hydrogen-bond donors (Lipinski definition) is 0. The molecule has 0 N–H and O–H groups in total. The third-order valence-electron chi connectivity index (χ3n) is 6.55. The number of nitrogens with zero attached hydrogens (tertiary/aromatic N) is 7. The Hall–Kier alpha value is -3.58. The molecule has 10 nitrogen and oxygen atoms in total. The fraction of sp³-hybridized carbons (Fsp3) is 0.478. The van der Waals surface area contributed by atoms with Crippen molar-refractivity contribution in [2.24, 2.45) is 11.8 Å². The summed E-state index contributed by atoms with van der Waals surface area (Å²) in [6.45, 7) is 1.24. The molecule has 3 aromatic rings. The summed E-state index contributed by atoms with van der Waals surface area (Å²) in [4.78, 5) is 31.9. The Morgan fingerprint density at radius 3 is 2.85 bits per heavy atom. The number of hydroxylamine groups is 2. The van der Waals surface area contributed by atoms with E-state index in [4.69, 9.17) is 14.8 Å². The van der Waals surface area contributed by atoms with E-state index in [9.17, 15) is 4.79 Å². The predicted molar refractivity (Wildman–Crippen MR) is 116 cm³/mol. The SMILES string of the molecule is COc1cncc([C@@H]2CCON2C(=O)C2CCC(Cn3ncc4ncc(C#N)cc43)CC2)n1. The fourth-order valence-corrected chi connectivity index (χ4v) is 4.76. The van der Waals surface area contributed by atoms with Crippen LogP contribution in [0.3, 0.4) is 0 Å². The molecule has 0 radical (unpaired) electrons. The molecular weight excluding hydrogens is 422 g/mol. The van der Waals surface area contributed by atoms with Gasteiger partial charge in [0, 0.05) is 25.1 Å². The Balaban J connectivity index is 1.22.